The number of nitrogens with zero attached hydrogens (tertiary/aromatic N) is 13. The minimum absolute atomic E-state index is 0.0316. The highest BCUT2D eigenvalue weighted by Crippen LogP contribution is 2.43. The molecule has 0 bridgehead atoms. The Bertz CT molecular complexity index is 3870. The maximum Gasteiger partial charge on any atom is 0.191 e. The molecule has 0 aliphatic rings. The van der Waals surface area contributed by atoms with E-state index >= 15 is 0 Å². The SMILES string of the molecule is CC(C)(C)c1nnsc1C(C)(C)C.Cc1nc(C(C)(C)C)c(C(C)(C)C)n1C.Cc1nc(C(C)(C)C)c(C(C)(C)C)o1.Cc1nc(C(C)(C)C)c(C(C)(C)C)s1.Cc1nn(C)c(C(C)(C)C)c1C(C)(C)C.Cc1noc(C(C)(C)C)c1C(C)(C)C.Cc1nsc(C(C)(C)C)c1C(C)(C)C.Cn1nnc(C(C)(C)C)c1C(C)(C)C. The lowest BCUT2D eigenvalue weighted by Crippen LogP contribution is -2.24. The van der Waals surface area contributed by atoms with Crippen LogP contribution in [0.2, 0.25) is 0 Å². The van der Waals surface area contributed by atoms with Crippen molar-refractivity contribution in [1.29, 1.82) is 0 Å². The molecule has 0 unspecified atom stereocenters. The topological polar surface area (TPSA) is 170 Å². The van der Waals surface area contributed by atoms with E-state index in [1.54, 1.807) is 11.5 Å². The third-order valence-electron chi connectivity index (χ3n) is 18.4. The Morgan fingerprint density at radius 1 is 0.292 bits per heavy atom. The van der Waals surface area contributed by atoms with Gasteiger partial charge in [0.2, 0.25) is 0 Å². The Hall–Kier alpha value is -5.20. The van der Waals surface area contributed by atoms with E-state index < -0.39 is 0 Å². The first-order valence-electron chi connectivity index (χ1n) is 41.2. The van der Waals surface area contributed by atoms with Crippen molar-refractivity contribution in [2.45, 2.75) is 461 Å². The normalized spacial score (nSPS) is 13.4. The van der Waals surface area contributed by atoms with Gasteiger partial charge in [-0.25, -0.2) is 15.0 Å². The monoisotopic (exact) mass is 1620 g/mol. The highest BCUT2D eigenvalue weighted by molar-refractivity contribution is 7.11. The fourth-order valence-electron chi connectivity index (χ4n) is 13.7. The second kappa shape index (κ2) is 36.6. The zero-order valence-corrected chi connectivity index (χ0v) is 86.3. The third-order valence-corrected chi connectivity index (χ3v) is 22.3. The molecule has 0 fully saturated rings. The van der Waals surface area contributed by atoms with E-state index in [2.05, 4.69) is 416 Å². The second-order valence-corrected chi connectivity index (χ2v) is 50.7. The van der Waals surface area contributed by atoms with Gasteiger partial charge in [-0.05, 0) is 95.7 Å². The summed E-state index contributed by atoms with van der Waals surface area (Å²) in [7, 11) is 6.11. The van der Waals surface area contributed by atoms with Gasteiger partial charge in [0.05, 0.1) is 61.1 Å². The molecule has 0 atom stereocenters. The van der Waals surface area contributed by atoms with Crippen molar-refractivity contribution in [2.75, 3.05) is 0 Å². The largest absolute Gasteiger partial charge is 0.445 e. The van der Waals surface area contributed by atoms with Gasteiger partial charge in [-0.3, -0.25) is 9.36 Å². The summed E-state index contributed by atoms with van der Waals surface area (Å²) in [6, 6.07) is 0. The average Bonchev–Trinajstić information content (AvgIpc) is 1.63. The molecule has 0 saturated carbocycles. The maximum atomic E-state index is 5.69. The van der Waals surface area contributed by atoms with E-state index in [1.807, 2.05) is 48.6 Å². The van der Waals surface area contributed by atoms with Gasteiger partial charge in [-0.1, -0.05) is 347 Å². The molecule has 8 aromatic heterocycles. The first kappa shape index (κ1) is 106. The lowest BCUT2D eigenvalue weighted by molar-refractivity contribution is 0.321. The van der Waals surface area contributed by atoms with Gasteiger partial charge in [0.25, 0.3) is 0 Å². The number of aromatic nitrogens is 13. The molecule has 15 nitrogen and oxygen atoms in total. The Labute approximate surface area is 706 Å². The first-order valence-corrected chi connectivity index (χ1v) is 43.6. The molecular formula is C95H171N13O2S3. The van der Waals surface area contributed by atoms with Gasteiger partial charge >= 0.3 is 0 Å². The molecule has 0 spiro atoms. The van der Waals surface area contributed by atoms with Crippen molar-refractivity contribution in [3.05, 3.63) is 122 Å². The number of hydrogen-bond acceptors (Lipinski definition) is 15. The quantitative estimate of drug-likeness (QED) is 0.141. The molecule has 0 aliphatic heterocycles. The van der Waals surface area contributed by atoms with E-state index in [0.717, 1.165) is 51.7 Å². The maximum absolute atomic E-state index is 5.69. The summed E-state index contributed by atoms with van der Waals surface area (Å²) in [5.41, 5.74) is 19.3. The van der Waals surface area contributed by atoms with Gasteiger partial charge in [0.15, 0.2) is 5.89 Å². The zero-order chi connectivity index (χ0) is 90.0. The van der Waals surface area contributed by atoms with Gasteiger partial charge < -0.3 is 13.5 Å². The number of rotatable bonds is 0. The summed E-state index contributed by atoms with van der Waals surface area (Å²) in [4.78, 5) is 18.0. The van der Waals surface area contributed by atoms with E-state index in [9.17, 15) is 0 Å². The molecular weight excluding hydrogens is 1450 g/mol. The lowest BCUT2D eigenvalue weighted by Gasteiger charge is -2.27. The lowest BCUT2D eigenvalue weighted by atomic mass is 9.78. The minimum Gasteiger partial charge on any atom is -0.445 e. The Balaban J connectivity index is 0.000000646. The highest BCUT2D eigenvalue weighted by atomic mass is 32.1. The first-order chi connectivity index (χ1) is 49.5. The van der Waals surface area contributed by atoms with Gasteiger partial charge in [-0.2, -0.15) is 9.47 Å². The van der Waals surface area contributed by atoms with Crippen molar-refractivity contribution in [3.63, 3.8) is 0 Å². The van der Waals surface area contributed by atoms with Crippen molar-refractivity contribution in [1.82, 2.24) is 63.4 Å². The second-order valence-electron chi connectivity index (χ2n) is 48.0. The van der Waals surface area contributed by atoms with E-state index in [4.69, 9.17) is 13.9 Å². The van der Waals surface area contributed by atoms with Crippen molar-refractivity contribution < 1.29 is 8.94 Å². The van der Waals surface area contributed by atoms with Crippen LogP contribution in [0.5, 0.6) is 0 Å². The van der Waals surface area contributed by atoms with Gasteiger partial charge in [0, 0.05) is 114 Å². The van der Waals surface area contributed by atoms with Crippen LogP contribution in [0.1, 0.15) is 455 Å². The average molecular weight is 1620 g/mol. The summed E-state index contributed by atoms with van der Waals surface area (Å²) in [6.45, 7) is 119. The molecule has 113 heavy (non-hydrogen) atoms. The summed E-state index contributed by atoms with van der Waals surface area (Å²) in [6.07, 6.45) is 0. The van der Waals surface area contributed by atoms with E-state index in [-0.39, 0.29) is 86.6 Å². The minimum atomic E-state index is 0.0316. The molecule has 0 aromatic carbocycles. The van der Waals surface area contributed by atoms with Crippen LogP contribution in [0.15, 0.2) is 8.94 Å². The Kier molecular flexibility index (Phi) is 34.2. The van der Waals surface area contributed by atoms with Crippen LogP contribution in [-0.2, 0) is 108 Å². The van der Waals surface area contributed by atoms with Crippen LogP contribution in [0, 0.1) is 41.5 Å². The molecule has 646 valence electrons. The number of oxazole rings is 1. The van der Waals surface area contributed by atoms with Crippen LogP contribution in [0.4, 0.5) is 0 Å². The molecule has 0 N–H and O–H groups in total. The van der Waals surface area contributed by atoms with Gasteiger partial charge in [0.1, 0.15) is 17.3 Å². The predicted molar refractivity (Wildman–Crippen MR) is 492 cm³/mol. The summed E-state index contributed by atoms with van der Waals surface area (Å²) >= 11 is 5.02. The molecule has 0 amide bonds. The van der Waals surface area contributed by atoms with Crippen LogP contribution in [0.3, 0.4) is 0 Å². The number of hydrogen-bond donors (Lipinski definition) is 0. The number of aryl methyl sites for hydroxylation is 8. The highest BCUT2D eigenvalue weighted by Gasteiger charge is 2.38. The standard InChI is InChI=1S/2C13H24N2.2C12H21NO.2C12H21NS.C11H21N3.C10H18N2S/c1-9-14-10(12(2,3)4)11(15(9)8)13(5,6)7;1-9-10(12(2,3)4)11(13(5,6)7)15(8)14-9;1-8-13-9(11(2,3)4)10(14-8)12(5,6)7;1-8-9(11(2,3)4)10(14-13-8)12(5,6)7;1-8-13-9(11(2,3)4)10(14-8)12(5,6)7;1-8-9(11(2,3)4)10(14-13-8)12(5,6)7;1-10(2,3)8-9(11(4,5)6)14(7)13-12-8;1-9(2,3)7-8(10(4,5)6)13-12-11-7/h2*1-8H3;5*1-7H3;1-6H3. The van der Waals surface area contributed by atoms with Crippen LogP contribution in [0.25, 0.3) is 0 Å². The summed E-state index contributed by atoms with van der Waals surface area (Å²) in [5, 5.41) is 22.4. The number of thiazole rings is 1. The van der Waals surface area contributed by atoms with E-state index in [0.29, 0.717) is 0 Å². The molecule has 8 rings (SSSR count). The van der Waals surface area contributed by atoms with Crippen LogP contribution < -0.4 is 0 Å². The molecule has 0 radical (unpaired) electrons. The predicted octanol–water partition coefficient (Wildman–Crippen LogP) is 27.4. The fourth-order valence-corrected chi connectivity index (χ4v) is 16.9. The molecule has 0 aliphatic carbocycles. The van der Waals surface area contributed by atoms with Crippen molar-refractivity contribution in [3.8, 4) is 0 Å². The molecule has 8 aromatic rings. The van der Waals surface area contributed by atoms with Crippen molar-refractivity contribution >= 4 is 34.4 Å². The molecule has 18 heteroatoms. The zero-order valence-electron chi connectivity index (χ0n) is 83.9. The third kappa shape index (κ3) is 30.6. The van der Waals surface area contributed by atoms with Crippen molar-refractivity contribution in [2.24, 2.45) is 21.1 Å². The van der Waals surface area contributed by atoms with E-state index in [1.165, 1.54) is 82.0 Å². The van der Waals surface area contributed by atoms with Crippen LogP contribution in [-0.4, -0.2) is 63.4 Å². The fraction of sp³-hybridized carbons (Fsp3) is 0.768. The Morgan fingerprint density at radius 3 is 0.973 bits per heavy atom. The van der Waals surface area contributed by atoms with Gasteiger partial charge in [-0.15, -0.1) is 21.5 Å². The summed E-state index contributed by atoms with van der Waals surface area (Å²) in [5.74, 6) is 3.90. The summed E-state index contributed by atoms with van der Waals surface area (Å²) < 4.78 is 25.8. The smallest absolute Gasteiger partial charge is 0.191 e. The molecule has 8 heterocycles. The Morgan fingerprint density at radius 2 is 0.690 bits per heavy atom. The molecule has 0 saturated heterocycles. The number of imidazole rings is 1. The van der Waals surface area contributed by atoms with Crippen LogP contribution >= 0.6 is 34.4 Å².